The van der Waals surface area contributed by atoms with Crippen molar-refractivity contribution in [1.29, 1.82) is 0 Å². The number of nitrogens with two attached hydrogens (primary N) is 1. The van der Waals surface area contributed by atoms with Crippen LogP contribution >= 0.6 is 11.3 Å². The van der Waals surface area contributed by atoms with Crippen LogP contribution in [0.25, 0.3) is 10.2 Å². The molecule has 2 aromatic heterocycles. The van der Waals surface area contributed by atoms with Crippen molar-refractivity contribution in [2.24, 2.45) is 0 Å². The van der Waals surface area contributed by atoms with Crippen molar-refractivity contribution in [2.45, 2.75) is 44.7 Å². The SMILES string of the molecule is Nc1c(C(=O)Nc2cccc(C(F)(F)F)c2)sc2nc3c(cc12)CCCCCC3. The van der Waals surface area contributed by atoms with Gasteiger partial charge >= 0.3 is 6.18 Å². The molecule has 3 N–H and O–H groups in total. The van der Waals surface area contributed by atoms with Crippen molar-refractivity contribution in [3.63, 3.8) is 0 Å². The Balaban J connectivity index is 1.65. The van der Waals surface area contributed by atoms with E-state index in [9.17, 15) is 18.0 Å². The molecule has 0 atom stereocenters. The highest BCUT2D eigenvalue weighted by Gasteiger charge is 2.30. The van der Waals surface area contributed by atoms with E-state index in [1.807, 2.05) is 6.07 Å². The van der Waals surface area contributed by atoms with E-state index in [0.29, 0.717) is 10.5 Å². The lowest BCUT2D eigenvalue weighted by molar-refractivity contribution is -0.137. The van der Waals surface area contributed by atoms with Crippen LogP contribution in [0.15, 0.2) is 30.3 Å². The minimum atomic E-state index is -4.47. The summed E-state index contributed by atoms with van der Waals surface area (Å²) in [5.41, 5.74) is 8.04. The number of hydrogen-bond donors (Lipinski definition) is 2. The molecule has 3 aromatic rings. The Labute approximate surface area is 169 Å². The second-order valence-corrected chi connectivity index (χ2v) is 8.24. The van der Waals surface area contributed by atoms with Crippen molar-refractivity contribution in [2.75, 3.05) is 11.1 Å². The largest absolute Gasteiger partial charge is 0.416 e. The number of benzene rings is 1. The standard InChI is InChI=1S/C21H20F3N3OS/c22-21(23,24)13-7-5-8-14(11-13)26-19(28)18-17(25)15-10-12-6-3-1-2-4-9-16(12)27-20(15)29-18/h5,7-8,10-11H,1-4,6,9,25H2,(H,26,28). The highest BCUT2D eigenvalue weighted by molar-refractivity contribution is 7.21. The molecular weight excluding hydrogens is 399 g/mol. The van der Waals surface area contributed by atoms with Crippen molar-refractivity contribution < 1.29 is 18.0 Å². The van der Waals surface area contributed by atoms with Gasteiger partial charge in [-0.05, 0) is 55.5 Å². The molecule has 152 valence electrons. The minimum Gasteiger partial charge on any atom is -0.397 e. The molecule has 1 aliphatic carbocycles. The quantitative estimate of drug-likeness (QED) is 0.551. The Morgan fingerprint density at radius 1 is 1.10 bits per heavy atom. The first-order valence-electron chi connectivity index (χ1n) is 9.52. The summed E-state index contributed by atoms with van der Waals surface area (Å²) in [5.74, 6) is -0.530. The molecule has 1 amide bonds. The summed E-state index contributed by atoms with van der Waals surface area (Å²) in [5, 5.41) is 3.27. The predicted octanol–water partition coefficient (Wildman–Crippen LogP) is 5.81. The molecule has 0 radical (unpaired) electrons. The zero-order chi connectivity index (χ0) is 20.6. The summed E-state index contributed by atoms with van der Waals surface area (Å²) < 4.78 is 38.7. The maximum atomic E-state index is 12.9. The summed E-state index contributed by atoms with van der Waals surface area (Å²) in [4.78, 5) is 18.4. The van der Waals surface area contributed by atoms with Gasteiger partial charge < -0.3 is 11.1 Å². The minimum absolute atomic E-state index is 0.0712. The number of nitrogen functional groups attached to an aromatic ring is 1. The van der Waals surface area contributed by atoms with Crippen molar-refractivity contribution in [1.82, 2.24) is 4.98 Å². The van der Waals surface area contributed by atoms with Gasteiger partial charge in [-0.25, -0.2) is 4.98 Å². The number of aryl methyl sites for hydroxylation is 2. The van der Waals surface area contributed by atoms with Crippen LogP contribution in [-0.4, -0.2) is 10.9 Å². The number of alkyl halides is 3. The summed E-state index contributed by atoms with van der Waals surface area (Å²) in [6, 6.07) is 6.57. The Morgan fingerprint density at radius 3 is 2.62 bits per heavy atom. The number of aromatic nitrogens is 1. The van der Waals surface area contributed by atoms with Crippen LogP contribution in [0.1, 0.15) is 52.2 Å². The predicted molar refractivity (Wildman–Crippen MR) is 109 cm³/mol. The summed E-state index contributed by atoms with van der Waals surface area (Å²) in [6.45, 7) is 0. The molecule has 4 rings (SSSR count). The number of carbonyl (C=O) groups is 1. The fourth-order valence-corrected chi connectivity index (χ4v) is 4.63. The molecule has 0 fully saturated rings. The van der Waals surface area contributed by atoms with Gasteiger partial charge in [-0.15, -0.1) is 11.3 Å². The molecule has 0 spiro atoms. The third-order valence-corrected chi connectivity index (χ3v) is 6.27. The van der Waals surface area contributed by atoms with E-state index in [0.717, 1.165) is 48.9 Å². The van der Waals surface area contributed by atoms with E-state index < -0.39 is 17.6 Å². The van der Waals surface area contributed by atoms with Gasteiger partial charge in [0.1, 0.15) is 9.71 Å². The van der Waals surface area contributed by atoms with Gasteiger partial charge in [-0.1, -0.05) is 18.9 Å². The number of amides is 1. The van der Waals surface area contributed by atoms with Gasteiger partial charge in [-0.3, -0.25) is 4.79 Å². The van der Waals surface area contributed by atoms with Crippen LogP contribution in [0.4, 0.5) is 24.5 Å². The Morgan fingerprint density at radius 2 is 1.86 bits per heavy atom. The van der Waals surface area contributed by atoms with Gasteiger partial charge in [0.2, 0.25) is 0 Å². The van der Waals surface area contributed by atoms with E-state index in [-0.39, 0.29) is 10.6 Å². The van der Waals surface area contributed by atoms with Gasteiger partial charge in [0.25, 0.3) is 5.91 Å². The number of carbonyl (C=O) groups excluding carboxylic acids is 1. The first-order chi connectivity index (χ1) is 13.8. The molecule has 1 aliphatic rings. The normalized spacial score (nSPS) is 14.9. The molecule has 0 unspecified atom stereocenters. The van der Waals surface area contributed by atoms with E-state index in [4.69, 9.17) is 10.7 Å². The van der Waals surface area contributed by atoms with Crippen LogP contribution < -0.4 is 11.1 Å². The smallest absolute Gasteiger partial charge is 0.397 e. The molecule has 8 heteroatoms. The van der Waals surface area contributed by atoms with Gasteiger partial charge in [0.05, 0.1) is 11.3 Å². The first-order valence-corrected chi connectivity index (χ1v) is 10.3. The lowest BCUT2D eigenvalue weighted by atomic mass is 9.96. The molecule has 0 bridgehead atoms. The number of pyridine rings is 1. The zero-order valence-corrected chi connectivity index (χ0v) is 16.4. The van der Waals surface area contributed by atoms with Gasteiger partial charge in [0, 0.05) is 16.8 Å². The Kier molecular flexibility index (Phi) is 5.21. The maximum Gasteiger partial charge on any atom is 0.416 e. The number of nitrogens with one attached hydrogen (secondary N) is 1. The van der Waals surface area contributed by atoms with Gasteiger partial charge in [0.15, 0.2) is 0 Å². The molecular formula is C21H20F3N3OS. The third kappa shape index (κ3) is 4.07. The van der Waals surface area contributed by atoms with E-state index in [1.54, 1.807) is 0 Å². The lowest BCUT2D eigenvalue weighted by Crippen LogP contribution is -2.13. The van der Waals surface area contributed by atoms with Crippen LogP contribution in [0.3, 0.4) is 0 Å². The maximum absolute atomic E-state index is 12.9. The molecule has 2 heterocycles. The van der Waals surface area contributed by atoms with Crippen molar-refractivity contribution >= 4 is 38.8 Å². The topological polar surface area (TPSA) is 68.0 Å². The highest BCUT2D eigenvalue weighted by atomic mass is 32.1. The monoisotopic (exact) mass is 419 g/mol. The molecule has 0 aliphatic heterocycles. The van der Waals surface area contributed by atoms with Crippen molar-refractivity contribution in [3.05, 3.63) is 52.0 Å². The first kappa shape index (κ1) is 19.7. The zero-order valence-electron chi connectivity index (χ0n) is 15.6. The van der Waals surface area contributed by atoms with Crippen LogP contribution in [-0.2, 0) is 19.0 Å². The average molecular weight is 419 g/mol. The van der Waals surface area contributed by atoms with E-state index in [2.05, 4.69) is 5.32 Å². The molecule has 0 saturated carbocycles. The number of fused-ring (bicyclic) bond motifs is 2. The summed E-state index contributed by atoms with van der Waals surface area (Å²) in [6.07, 6.45) is 1.96. The fourth-order valence-electron chi connectivity index (χ4n) is 3.64. The van der Waals surface area contributed by atoms with Crippen LogP contribution in [0.2, 0.25) is 0 Å². The van der Waals surface area contributed by atoms with Crippen molar-refractivity contribution in [3.8, 4) is 0 Å². The van der Waals surface area contributed by atoms with Gasteiger partial charge in [-0.2, -0.15) is 13.2 Å². The number of rotatable bonds is 2. The number of halogens is 3. The fraction of sp³-hybridized carbons (Fsp3) is 0.333. The third-order valence-electron chi connectivity index (χ3n) is 5.15. The van der Waals surface area contributed by atoms with E-state index in [1.165, 1.54) is 41.9 Å². The number of nitrogens with zero attached hydrogens (tertiary/aromatic N) is 1. The molecule has 4 nitrogen and oxygen atoms in total. The number of anilines is 2. The molecule has 1 aromatic carbocycles. The lowest BCUT2D eigenvalue weighted by Gasteiger charge is -2.12. The Bertz CT molecular complexity index is 1070. The van der Waals surface area contributed by atoms with Crippen LogP contribution in [0.5, 0.6) is 0 Å². The second-order valence-electron chi connectivity index (χ2n) is 7.24. The molecule has 29 heavy (non-hydrogen) atoms. The number of thiophene rings is 1. The Hall–Kier alpha value is -2.61. The number of hydrogen-bond acceptors (Lipinski definition) is 4. The second kappa shape index (κ2) is 7.67. The average Bonchev–Trinajstić information content (AvgIpc) is 2.97. The molecule has 0 saturated heterocycles. The summed E-state index contributed by atoms with van der Waals surface area (Å²) in [7, 11) is 0. The highest BCUT2D eigenvalue weighted by Crippen LogP contribution is 2.36. The summed E-state index contributed by atoms with van der Waals surface area (Å²) >= 11 is 1.18. The van der Waals surface area contributed by atoms with Crippen LogP contribution in [0, 0.1) is 0 Å². The van der Waals surface area contributed by atoms with E-state index >= 15 is 0 Å².